The summed E-state index contributed by atoms with van der Waals surface area (Å²) in [6.45, 7) is 0.701. The minimum absolute atomic E-state index is 0.0553. The van der Waals surface area contributed by atoms with Crippen LogP contribution in [0.1, 0.15) is 24.8 Å². The molecule has 2 aromatic rings. The topological polar surface area (TPSA) is 107 Å². The minimum atomic E-state index is -4.00. The third-order valence-corrected chi connectivity index (χ3v) is 7.31. The summed E-state index contributed by atoms with van der Waals surface area (Å²) < 4.78 is 28.2. The molecule has 0 radical (unpaired) electrons. The lowest BCUT2D eigenvalue weighted by Crippen LogP contribution is -2.49. The molecular weight excluding hydrogens is 378 g/mol. The van der Waals surface area contributed by atoms with Crippen LogP contribution in [0.5, 0.6) is 0 Å². The molecule has 28 heavy (non-hydrogen) atoms. The summed E-state index contributed by atoms with van der Waals surface area (Å²) in [4.78, 5) is 10.5. The fraction of sp³-hybridized carbons (Fsp3) is 0.400. The number of nitrogens with zero attached hydrogens (tertiary/aromatic N) is 2. The monoisotopic (exact) mass is 403 g/mol. The Morgan fingerprint density at radius 1 is 1.11 bits per heavy atom. The second-order valence-electron chi connectivity index (χ2n) is 7.09. The molecule has 7 nitrogen and oxygen atoms in total. The number of piperidine rings is 1. The van der Waals surface area contributed by atoms with Crippen molar-refractivity contribution in [2.75, 3.05) is 13.1 Å². The van der Waals surface area contributed by atoms with Gasteiger partial charge in [-0.15, -0.1) is 0 Å². The SMILES string of the molecule is NCC(Cc1ccccc1)C1CCCCN1S(=O)(=O)c1ccccc1[N+](=O)[O-]. The zero-order valence-electron chi connectivity index (χ0n) is 15.6. The summed E-state index contributed by atoms with van der Waals surface area (Å²) in [5.74, 6) is -0.0553. The van der Waals surface area contributed by atoms with Crippen molar-refractivity contribution in [2.24, 2.45) is 11.7 Å². The Bertz CT molecular complexity index is 918. The number of sulfonamides is 1. The molecule has 0 aliphatic carbocycles. The van der Waals surface area contributed by atoms with Crippen molar-refractivity contribution in [3.8, 4) is 0 Å². The van der Waals surface area contributed by atoms with Crippen LogP contribution in [0.25, 0.3) is 0 Å². The van der Waals surface area contributed by atoms with E-state index in [0.29, 0.717) is 25.9 Å². The number of nitro benzene ring substituents is 1. The molecule has 1 aliphatic rings. The number of benzene rings is 2. The van der Waals surface area contributed by atoms with Gasteiger partial charge in [0.05, 0.1) is 4.92 Å². The highest BCUT2D eigenvalue weighted by atomic mass is 32.2. The van der Waals surface area contributed by atoms with Crippen molar-refractivity contribution in [1.29, 1.82) is 0 Å². The molecule has 2 atom stereocenters. The van der Waals surface area contributed by atoms with E-state index in [1.54, 1.807) is 0 Å². The van der Waals surface area contributed by atoms with Crippen LogP contribution in [0.15, 0.2) is 59.5 Å². The number of rotatable bonds is 7. The van der Waals surface area contributed by atoms with Crippen molar-refractivity contribution in [1.82, 2.24) is 4.31 Å². The lowest BCUT2D eigenvalue weighted by atomic mass is 9.87. The molecule has 0 spiro atoms. The maximum absolute atomic E-state index is 13.4. The predicted molar refractivity (Wildman–Crippen MR) is 107 cm³/mol. The van der Waals surface area contributed by atoms with Crippen molar-refractivity contribution in [3.63, 3.8) is 0 Å². The van der Waals surface area contributed by atoms with Gasteiger partial charge in [-0.3, -0.25) is 10.1 Å². The third-order valence-electron chi connectivity index (χ3n) is 5.33. The van der Waals surface area contributed by atoms with Crippen LogP contribution >= 0.6 is 0 Å². The van der Waals surface area contributed by atoms with Crippen LogP contribution in [-0.2, 0) is 16.4 Å². The molecular formula is C20H25N3O4S. The molecule has 0 amide bonds. The van der Waals surface area contributed by atoms with E-state index in [1.165, 1.54) is 28.6 Å². The summed E-state index contributed by atoms with van der Waals surface area (Å²) in [7, 11) is -4.00. The van der Waals surface area contributed by atoms with Gasteiger partial charge in [-0.25, -0.2) is 8.42 Å². The molecule has 1 saturated heterocycles. The number of hydrogen-bond acceptors (Lipinski definition) is 5. The number of nitro groups is 1. The molecule has 2 N–H and O–H groups in total. The Balaban J connectivity index is 1.95. The summed E-state index contributed by atoms with van der Waals surface area (Å²) in [6, 6.07) is 15.1. The normalized spacial score (nSPS) is 19.2. The van der Waals surface area contributed by atoms with Crippen LogP contribution < -0.4 is 5.73 Å². The van der Waals surface area contributed by atoms with Gasteiger partial charge in [0, 0.05) is 18.7 Å². The van der Waals surface area contributed by atoms with Crippen molar-refractivity contribution >= 4 is 15.7 Å². The minimum Gasteiger partial charge on any atom is -0.330 e. The van der Waals surface area contributed by atoms with Gasteiger partial charge in [0.25, 0.3) is 5.69 Å². The average molecular weight is 404 g/mol. The Hall–Kier alpha value is -2.29. The first-order valence-corrected chi connectivity index (χ1v) is 10.9. The molecule has 1 fully saturated rings. The molecule has 3 rings (SSSR count). The molecule has 0 bridgehead atoms. The molecule has 150 valence electrons. The Labute approximate surface area is 165 Å². The van der Waals surface area contributed by atoms with E-state index in [0.717, 1.165) is 18.4 Å². The van der Waals surface area contributed by atoms with Gasteiger partial charge in [-0.2, -0.15) is 4.31 Å². The summed E-state index contributed by atoms with van der Waals surface area (Å²) >= 11 is 0. The fourth-order valence-corrected chi connectivity index (χ4v) is 5.86. The quantitative estimate of drug-likeness (QED) is 0.565. The second kappa shape index (κ2) is 8.81. The van der Waals surface area contributed by atoms with Crippen LogP contribution in [0.4, 0.5) is 5.69 Å². The van der Waals surface area contributed by atoms with Gasteiger partial charge in [0.15, 0.2) is 4.90 Å². The molecule has 2 aromatic carbocycles. The maximum atomic E-state index is 13.4. The number of nitrogens with two attached hydrogens (primary N) is 1. The van der Waals surface area contributed by atoms with Crippen LogP contribution in [0.2, 0.25) is 0 Å². The van der Waals surface area contributed by atoms with Gasteiger partial charge in [-0.1, -0.05) is 48.9 Å². The van der Waals surface area contributed by atoms with Gasteiger partial charge < -0.3 is 5.73 Å². The first kappa shape index (κ1) is 20.4. The summed E-state index contributed by atoms with van der Waals surface area (Å²) in [6.07, 6.45) is 3.03. The lowest BCUT2D eigenvalue weighted by molar-refractivity contribution is -0.387. The number of hydrogen-bond donors (Lipinski definition) is 1. The molecule has 1 heterocycles. The van der Waals surface area contributed by atoms with Crippen molar-refractivity contribution in [2.45, 2.75) is 36.6 Å². The van der Waals surface area contributed by atoms with Crippen LogP contribution in [0, 0.1) is 16.0 Å². The second-order valence-corrected chi connectivity index (χ2v) is 8.95. The van der Waals surface area contributed by atoms with Gasteiger partial charge in [-0.05, 0) is 43.4 Å². The van der Waals surface area contributed by atoms with E-state index in [1.807, 2.05) is 30.3 Å². The number of para-hydroxylation sites is 1. The lowest BCUT2D eigenvalue weighted by Gasteiger charge is -2.39. The van der Waals surface area contributed by atoms with Gasteiger partial charge in [0.1, 0.15) is 0 Å². The molecule has 1 aliphatic heterocycles. The van der Waals surface area contributed by atoms with Gasteiger partial charge in [0.2, 0.25) is 10.0 Å². The molecule has 0 saturated carbocycles. The maximum Gasteiger partial charge on any atom is 0.289 e. The zero-order chi connectivity index (χ0) is 20.1. The predicted octanol–water partition coefficient (Wildman–Crippen LogP) is 2.96. The van der Waals surface area contributed by atoms with E-state index in [2.05, 4.69) is 0 Å². The first-order chi connectivity index (χ1) is 13.4. The largest absolute Gasteiger partial charge is 0.330 e. The Morgan fingerprint density at radius 2 is 1.79 bits per heavy atom. The highest BCUT2D eigenvalue weighted by molar-refractivity contribution is 7.89. The van der Waals surface area contributed by atoms with E-state index in [-0.39, 0.29) is 22.5 Å². The van der Waals surface area contributed by atoms with E-state index >= 15 is 0 Å². The summed E-state index contributed by atoms with van der Waals surface area (Å²) in [5, 5.41) is 11.4. The van der Waals surface area contributed by atoms with Crippen LogP contribution in [0.3, 0.4) is 0 Å². The zero-order valence-corrected chi connectivity index (χ0v) is 16.4. The Morgan fingerprint density at radius 3 is 2.46 bits per heavy atom. The van der Waals surface area contributed by atoms with Crippen LogP contribution in [-0.4, -0.2) is 36.8 Å². The van der Waals surface area contributed by atoms with E-state index in [9.17, 15) is 18.5 Å². The van der Waals surface area contributed by atoms with Crippen molar-refractivity contribution < 1.29 is 13.3 Å². The standard InChI is InChI=1S/C20H25N3O4S/c21-15-17(14-16-8-2-1-3-9-16)18-10-6-7-13-22(18)28(26,27)20-12-5-4-11-19(20)23(24)25/h1-5,8-9,11-12,17-18H,6-7,10,13-15,21H2. The fourth-order valence-electron chi connectivity index (χ4n) is 3.95. The molecule has 0 aromatic heterocycles. The first-order valence-electron chi connectivity index (χ1n) is 9.44. The van der Waals surface area contributed by atoms with Crippen molar-refractivity contribution in [3.05, 3.63) is 70.3 Å². The average Bonchev–Trinajstić information content (AvgIpc) is 2.72. The Kier molecular flexibility index (Phi) is 6.43. The van der Waals surface area contributed by atoms with E-state index in [4.69, 9.17) is 5.73 Å². The molecule has 8 heteroatoms. The highest BCUT2D eigenvalue weighted by Gasteiger charge is 2.40. The third kappa shape index (κ3) is 4.24. The smallest absolute Gasteiger partial charge is 0.289 e. The van der Waals surface area contributed by atoms with E-state index < -0.39 is 14.9 Å². The molecule has 2 unspecified atom stereocenters. The highest BCUT2D eigenvalue weighted by Crippen LogP contribution is 2.33. The van der Waals surface area contributed by atoms with Gasteiger partial charge >= 0.3 is 0 Å². The summed E-state index contributed by atoms with van der Waals surface area (Å²) in [5.41, 5.74) is 6.76.